The molecule has 0 radical (unpaired) electrons. The van der Waals surface area contributed by atoms with E-state index in [0.717, 1.165) is 0 Å². The molecule has 0 nitrogen and oxygen atoms in total. The van der Waals surface area contributed by atoms with Gasteiger partial charge in [0.15, 0.2) is 0 Å². The predicted octanol–water partition coefficient (Wildman–Crippen LogP) is 5.90. The van der Waals surface area contributed by atoms with Crippen LogP contribution in [0.25, 0.3) is 0 Å². The summed E-state index contributed by atoms with van der Waals surface area (Å²) in [4.78, 5) is 0. The molecule has 0 N–H and O–H groups in total. The predicted molar refractivity (Wildman–Crippen MR) is 75.7 cm³/mol. The molecule has 0 aliphatic heterocycles. The third-order valence-electron chi connectivity index (χ3n) is 3.07. The van der Waals surface area contributed by atoms with Crippen molar-refractivity contribution in [1.82, 2.24) is 0 Å². The van der Waals surface area contributed by atoms with Gasteiger partial charge in [-0.25, -0.2) is 0 Å². The average molecular weight is 222 g/mol. The zero-order valence-electron chi connectivity index (χ0n) is 11.4. The molecule has 0 aliphatic carbocycles. The van der Waals surface area contributed by atoms with Crippen LogP contribution in [0.5, 0.6) is 0 Å². The van der Waals surface area contributed by atoms with Crippen LogP contribution in [-0.2, 0) is 0 Å². The molecule has 0 amide bonds. The quantitative estimate of drug-likeness (QED) is 0.302. The molecule has 94 valence electrons. The SMILES string of the molecule is C=CC(C/C=C/CCC)CCCCCCC. The van der Waals surface area contributed by atoms with Crippen LogP contribution < -0.4 is 0 Å². The van der Waals surface area contributed by atoms with Crippen LogP contribution in [-0.4, -0.2) is 0 Å². The lowest BCUT2D eigenvalue weighted by atomic mass is 9.97. The summed E-state index contributed by atoms with van der Waals surface area (Å²) in [5.74, 6) is 0.703. The van der Waals surface area contributed by atoms with E-state index in [1.807, 2.05) is 0 Å². The maximum absolute atomic E-state index is 3.94. The summed E-state index contributed by atoms with van der Waals surface area (Å²) in [5, 5.41) is 0. The summed E-state index contributed by atoms with van der Waals surface area (Å²) in [7, 11) is 0. The Morgan fingerprint density at radius 1 is 0.938 bits per heavy atom. The van der Waals surface area contributed by atoms with Gasteiger partial charge in [-0.3, -0.25) is 0 Å². The lowest BCUT2D eigenvalue weighted by molar-refractivity contribution is 0.527. The van der Waals surface area contributed by atoms with Gasteiger partial charge in [0.25, 0.3) is 0 Å². The first-order valence-corrected chi connectivity index (χ1v) is 7.12. The van der Waals surface area contributed by atoms with Crippen LogP contribution in [0.2, 0.25) is 0 Å². The third-order valence-corrected chi connectivity index (χ3v) is 3.07. The Labute approximate surface area is 103 Å². The van der Waals surface area contributed by atoms with E-state index in [4.69, 9.17) is 0 Å². The first kappa shape index (κ1) is 15.5. The molecular weight excluding hydrogens is 192 g/mol. The van der Waals surface area contributed by atoms with Crippen molar-refractivity contribution in [2.75, 3.05) is 0 Å². The van der Waals surface area contributed by atoms with E-state index in [9.17, 15) is 0 Å². The van der Waals surface area contributed by atoms with Crippen LogP contribution in [0.4, 0.5) is 0 Å². The molecule has 0 aromatic carbocycles. The van der Waals surface area contributed by atoms with Gasteiger partial charge in [-0.2, -0.15) is 0 Å². The Balaban J connectivity index is 3.47. The van der Waals surface area contributed by atoms with E-state index >= 15 is 0 Å². The van der Waals surface area contributed by atoms with E-state index in [0.29, 0.717) is 5.92 Å². The standard InChI is InChI=1S/C16H30/c1-4-7-9-11-13-15-16(6-3)14-12-10-8-5-2/h6,10,12,16H,3-5,7-9,11,13-15H2,1-2H3/b12-10+. The second-order valence-electron chi connectivity index (χ2n) is 4.69. The lowest BCUT2D eigenvalue weighted by Gasteiger charge is -2.09. The molecular formula is C16H30. The van der Waals surface area contributed by atoms with Crippen LogP contribution in [0.3, 0.4) is 0 Å². The van der Waals surface area contributed by atoms with Gasteiger partial charge in [-0.05, 0) is 25.2 Å². The number of allylic oxidation sites excluding steroid dienone is 3. The fourth-order valence-corrected chi connectivity index (χ4v) is 1.90. The van der Waals surface area contributed by atoms with Crippen molar-refractivity contribution in [2.24, 2.45) is 5.92 Å². The molecule has 0 heteroatoms. The maximum Gasteiger partial charge on any atom is -0.0202 e. The smallest absolute Gasteiger partial charge is 0.0202 e. The summed E-state index contributed by atoms with van der Waals surface area (Å²) in [6, 6.07) is 0. The number of rotatable bonds is 11. The van der Waals surface area contributed by atoms with E-state index in [1.54, 1.807) is 0 Å². The molecule has 0 bridgehead atoms. The van der Waals surface area contributed by atoms with Crippen LogP contribution in [0, 0.1) is 5.92 Å². The Hall–Kier alpha value is -0.520. The van der Waals surface area contributed by atoms with Gasteiger partial charge in [0.2, 0.25) is 0 Å². The van der Waals surface area contributed by atoms with Crippen LogP contribution in [0.1, 0.15) is 71.6 Å². The normalized spacial score (nSPS) is 13.1. The van der Waals surface area contributed by atoms with Crippen molar-refractivity contribution < 1.29 is 0 Å². The minimum absolute atomic E-state index is 0.703. The van der Waals surface area contributed by atoms with Crippen LogP contribution >= 0.6 is 0 Å². The summed E-state index contributed by atoms with van der Waals surface area (Å²) in [6.07, 6.45) is 18.7. The average Bonchev–Trinajstić information content (AvgIpc) is 2.31. The number of hydrogen-bond acceptors (Lipinski definition) is 0. The lowest BCUT2D eigenvalue weighted by Crippen LogP contribution is -1.94. The molecule has 0 fully saturated rings. The zero-order chi connectivity index (χ0) is 12.1. The van der Waals surface area contributed by atoms with Crippen molar-refractivity contribution in [2.45, 2.75) is 71.6 Å². The highest BCUT2D eigenvalue weighted by atomic mass is 14.1. The molecule has 16 heavy (non-hydrogen) atoms. The molecule has 1 atom stereocenters. The number of hydrogen-bond donors (Lipinski definition) is 0. The minimum atomic E-state index is 0.703. The van der Waals surface area contributed by atoms with E-state index in [2.05, 4.69) is 38.7 Å². The molecule has 0 heterocycles. The molecule has 0 saturated carbocycles. The van der Waals surface area contributed by atoms with E-state index < -0.39 is 0 Å². The second-order valence-corrected chi connectivity index (χ2v) is 4.69. The van der Waals surface area contributed by atoms with E-state index in [1.165, 1.54) is 57.8 Å². The van der Waals surface area contributed by atoms with Gasteiger partial charge >= 0.3 is 0 Å². The monoisotopic (exact) mass is 222 g/mol. The largest absolute Gasteiger partial charge is 0.103 e. The number of unbranched alkanes of at least 4 members (excludes halogenated alkanes) is 5. The van der Waals surface area contributed by atoms with Crippen LogP contribution in [0.15, 0.2) is 24.8 Å². The van der Waals surface area contributed by atoms with Crippen molar-refractivity contribution in [1.29, 1.82) is 0 Å². The fourth-order valence-electron chi connectivity index (χ4n) is 1.90. The van der Waals surface area contributed by atoms with Crippen molar-refractivity contribution in [3.8, 4) is 0 Å². The molecule has 0 aromatic rings. The van der Waals surface area contributed by atoms with Gasteiger partial charge in [-0.1, -0.05) is 70.6 Å². The topological polar surface area (TPSA) is 0 Å². The third kappa shape index (κ3) is 10.0. The highest BCUT2D eigenvalue weighted by molar-refractivity contribution is 4.89. The Kier molecular flexibility index (Phi) is 12.1. The van der Waals surface area contributed by atoms with Crippen molar-refractivity contribution in [3.63, 3.8) is 0 Å². The highest BCUT2D eigenvalue weighted by Crippen LogP contribution is 2.16. The summed E-state index contributed by atoms with van der Waals surface area (Å²) in [6.45, 7) is 8.44. The minimum Gasteiger partial charge on any atom is -0.103 e. The van der Waals surface area contributed by atoms with Gasteiger partial charge in [0.1, 0.15) is 0 Å². The summed E-state index contributed by atoms with van der Waals surface area (Å²) < 4.78 is 0. The molecule has 0 aromatic heterocycles. The Morgan fingerprint density at radius 3 is 2.31 bits per heavy atom. The summed E-state index contributed by atoms with van der Waals surface area (Å²) >= 11 is 0. The molecule has 1 unspecified atom stereocenters. The molecule has 0 saturated heterocycles. The molecule has 0 spiro atoms. The molecule has 0 rings (SSSR count). The van der Waals surface area contributed by atoms with Gasteiger partial charge in [-0.15, -0.1) is 6.58 Å². The maximum atomic E-state index is 3.94. The van der Waals surface area contributed by atoms with Gasteiger partial charge in [0.05, 0.1) is 0 Å². The van der Waals surface area contributed by atoms with E-state index in [-0.39, 0.29) is 0 Å². The Bertz CT molecular complexity index is 167. The first-order chi connectivity index (χ1) is 7.85. The zero-order valence-corrected chi connectivity index (χ0v) is 11.4. The Morgan fingerprint density at radius 2 is 1.69 bits per heavy atom. The van der Waals surface area contributed by atoms with Crippen molar-refractivity contribution in [3.05, 3.63) is 24.8 Å². The highest BCUT2D eigenvalue weighted by Gasteiger charge is 2.01. The van der Waals surface area contributed by atoms with Gasteiger partial charge in [0, 0.05) is 0 Å². The molecule has 0 aliphatic rings. The van der Waals surface area contributed by atoms with Gasteiger partial charge < -0.3 is 0 Å². The van der Waals surface area contributed by atoms with Crippen molar-refractivity contribution >= 4 is 0 Å². The second kappa shape index (κ2) is 12.5. The fraction of sp³-hybridized carbons (Fsp3) is 0.750. The first-order valence-electron chi connectivity index (χ1n) is 7.12. The summed E-state index contributed by atoms with van der Waals surface area (Å²) in [5.41, 5.74) is 0.